The van der Waals surface area contributed by atoms with Gasteiger partial charge in [-0.1, -0.05) is 6.92 Å². The van der Waals surface area contributed by atoms with Crippen molar-refractivity contribution in [1.29, 1.82) is 5.26 Å². The lowest BCUT2D eigenvalue weighted by Crippen LogP contribution is -2.41. The van der Waals surface area contributed by atoms with Gasteiger partial charge in [0.25, 0.3) is 0 Å². The van der Waals surface area contributed by atoms with Gasteiger partial charge in [-0.05, 0) is 49.8 Å². The Morgan fingerprint density at radius 2 is 2.27 bits per heavy atom. The van der Waals surface area contributed by atoms with Crippen LogP contribution in [-0.2, 0) is 24.2 Å². The number of rotatable bonds is 3. The van der Waals surface area contributed by atoms with Gasteiger partial charge in [-0.15, -0.1) is 11.3 Å². The van der Waals surface area contributed by atoms with E-state index >= 15 is 0 Å². The molecule has 1 aliphatic heterocycles. The van der Waals surface area contributed by atoms with Crippen molar-refractivity contribution in [3.63, 3.8) is 0 Å². The van der Waals surface area contributed by atoms with Crippen LogP contribution in [0.5, 0.6) is 0 Å². The predicted molar refractivity (Wildman–Crippen MR) is 103 cm³/mol. The number of nitrogens with one attached hydrogen (secondary N) is 1. The van der Waals surface area contributed by atoms with Gasteiger partial charge in [0.2, 0.25) is 5.91 Å². The highest BCUT2D eigenvalue weighted by Crippen LogP contribution is 2.39. The van der Waals surface area contributed by atoms with Crippen LogP contribution in [0.15, 0.2) is 18.3 Å². The number of nitrogens with zero attached hydrogens (tertiary/aromatic N) is 3. The molecular weight excluding hydrogens is 344 g/mol. The fourth-order valence-corrected chi connectivity index (χ4v) is 5.53. The summed E-state index contributed by atoms with van der Waals surface area (Å²) in [5.74, 6) is 0.627. The molecule has 1 amide bonds. The number of fused-ring (bicyclic) bond motifs is 2. The Hall–Kier alpha value is -2.10. The summed E-state index contributed by atoms with van der Waals surface area (Å²) in [5, 5.41) is 13.4. The van der Waals surface area contributed by atoms with Crippen molar-refractivity contribution >= 4 is 22.2 Å². The highest BCUT2D eigenvalue weighted by molar-refractivity contribution is 7.16. The summed E-state index contributed by atoms with van der Waals surface area (Å²) in [6, 6.07) is 6.73. The molecular formula is C20H24N4OS. The van der Waals surface area contributed by atoms with Crippen LogP contribution in [0.25, 0.3) is 0 Å². The molecule has 2 aromatic heterocycles. The highest BCUT2D eigenvalue weighted by Gasteiger charge is 2.27. The lowest BCUT2D eigenvalue weighted by molar-refractivity contribution is -0.118. The van der Waals surface area contributed by atoms with Crippen LogP contribution in [0, 0.1) is 17.2 Å². The molecule has 0 unspecified atom stereocenters. The molecule has 0 radical (unpaired) electrons. The van der Waals surface area contributed by atoms with Gasteiger partial charge in [-0.25, -0.2) is 0 Å². The average Bonchev–Trinajstić information content (AvgIpc) is 3.21. The number of anilines is 1. The maximum atomic E-state index is 12.7. The number of carbonyl (C=O) groups is 1. The summed E-state index contributed by atoms with van der Waals surface area (Å²) in [6.07, 6.45) is 5.19. The smallest absolute Gasteiger partial charge is 0.239 e. The third kappa shape index (κ3) is 3.06. The van der Waals surface area contributed by atoms with E-state index in [1.165, 1.54) is 10.6 Å². The Labute approximate surface area is 158 Å². The minimum absolute atomic E-state index is 0.0278. The Bertz CT molecular complexity index is 875. The molecule has 2 atom stereocenters. The standard InChI is InChI=1S/C20H24N4OS/c1-13-5-6-15-16(11-21)20(26-18(15)10-13)22-19(25)12-24-9-8-23-7-3-4-17(23)14(24)2/h3-4,7,13-14H,5-6,8-10,12H2,1-2H3,(H,22,25)/t13-,14+/m1/s1. The molecule has 0 bridgehead atoms. The van der Waals surface area contributed by atoms with Crippen LogP contribution in [0.3, 0.4) is 0 Å². The maximum absolute atomic E-state index is 12.7. The molecule has 0 saturated carbocycles. The number of thiophene rings is 1. The SMILES string of the molecule is C[C@@H]1CCc2c(sc(NC(=O)CN3CCn4cccc4[C@@H]3C)c2C#N)C1. The summed E-state index contributed by atoms with van der Waals surface area (Å²) in [7, 11) is 0. The molecule has 0 fully saturated rings. The zero-order valence-electron chi connectivity index (χ0n) is 15.3. The molecule has 2 aromatic rings. The maximum Gasteiger partial charge on any atom is 0.239 e. The van der Waals surface area contributed by atoms with Crippen LogP contribution in [0.4, 0.5) is 5.00 Å². The van der Waals surface area contributed by atoms with Crippen LogP contribution in [0.2, 0.25) is 0 Å². The molecule has 26 heavy (non-hydrogen) atoms. The fraction of sp³-hybridized carbons (Fsp3) is 0.500. The second-order valence-corrected chi connectivity index (χ2v) is 8.59. The first kappa shape index (κ1) is 17.3. The topological polar surface area (TPSA) is 61.1 Å². The summed E-state index contributed by atoms with van der Waals surface area (Å²) in [5.41, 5.74) is 3.10. The largest absolute Gasteiger partial charge is 0.349 e. The Morgan fingerprint density at radius 3 is 3.08 bits per heavy atom. The van der Waals surface area contributed by atoms with Gasteiger partial charge in [0.15, 0.2) is 0 Å². The minimum atomic E-state index is -0.0278. The van der Waals surface area contributed by atoms with Crippen molar-refractivity contribution in [3.05, 3.63) is 40.0 Å². The summed E-state index contributed by atoms with van der Waals surface area (Å²) < 4.78 is 2.25. The van der Waals surface area contributed by atoms with Crippen molar-refractivity contribution in [2.45, 2.75) is 45.7 Å². The quantitative estimate of drug-likeness (QED) is 0.901. The Balaban J connectivity index is 1.47. The normalized spacial score (nSPS) is 22.3. The van der Waals surface area contributed by atoms with Crippen molar-refractivity contribution in [2.75, 3.05) is 18.4 Å². The van der Waals surface area contributed by atoms with Crippen LogP contribution < -0.4 is 5.32 Å². The van der Waals surface area contributed by atoms with Crippen LogP contribution in [0.1, 0.15) is 48.0 Å². The summed E-state index contributed by atoms with van der Waals surface area (Å²) in [6.45, 7) is 6.52. The van der Waals surface area contributed by atoms with Crippen molar-refractivity contribution in [3.8, 4) is 6.07 Å². The first-order valence-corrected chi connectivity index (χ1v) is 10.1. The van der Waals surface area contributed by atoms with Gasteiger partial charge in [0.05, 0.1) is 12.1 Å². The van der Waals surface area contributed by atoms with Crippen molar-refractivity contribution in [1.82, 2.24) is 9.47 Å². The molecule has 0 saturated heterocycles. The van der Waals surface area contributed by atoms with Gasteiger partial charge < -0.3 is 9.88 Å². The number of carbonyl (C=O) groups excluding carboxylic acids is 1. The van der Waals surface area contributed by atoms with Gasteiger partial charge in [0, 0.05) is 35.9 Å². The van der Waals surface area contributed by atoms with Gasteiger partial charge >= 0.3 is 0 Å². The van der Waals surface area contributed by atoms with Crippen molar-refractivity contribution < 1.29 is 4.79 Å². The van der Waals surface area contributed by atoms with E-state index in [0.717, 1.165) is 42.9 Å². The molecule has 1 N–H and O–H groups in total. The lowest BCUT2D eigenvalue weighted by atomic mass is 9.89. The third-order valence-electron chi connectivity index (χ3n) is 5.69. The monoisotopic (exact) mass is 368 g/mol. The molecule has 4 rings (SSSR count). The van der Waals surface area contributed by atoms with E-state index in [0.29, 0.717) is 18.0 Å². The van der Waals surface area contributed by atoms with Crippen LogP contribution >= 0.6 is 11.3 Å². The zero-order valence-corrected chi connectivity index (χ0v) is 16.1. The zero-order chi connectivity index (χ0) is 18.3. The van der Waals surface area contributed by atoms with Crippen LogP contribution in [-0.4, -0.2) is 28.5 Å². The molecule has 6 heteroatoms. The number of amides is 1. The fourth-order valence-electron chi connectivity index (χ4n) is 4.15. The second kappa shape index (κ2) is 6.90. The van der Waals surface area contributed by atoms with E-state index in [1.807, 2.05) is 0 Å². The Morgan fingerprint density at radius 1 is 1.42 bits per heavy atom. The van der Waals surface area contributed by atoms with E-state index in [-0.39, 0.29) is 11.9 Å². The number of nitriles is 1. The number of aromatic nitrogens is 1. The number of hydrogen-bond donors (Lipinski definition) is 1. The van der Waals surface area contributed by atoms with E-state index in [4.69, 9.17) is 0 Å². The Kier molecular flexibility index (Phi) is 4.60. The second-order valence-electron chi connectivity index (χ2n) is 7.49. The summed E-state index contributed by atoms with van der Waals surface area (Å²) in [4.78, 5) is 16.1. The van der Waals surface area contributed by atoms with E-state index in [9.17, 15) is 10.1 Å². The first-order valence-electron chi connectivity index (χ1n) is 9.30. The van der Waals surface area contributed by atoms with Gasteiger partial charge in [0.1, 0.15) is 11.1 Å². The highest BCUT2D eigenvalue weighted by atomic mass is 32.1. The molecule has 0 spiro atoms. The first-order chi connectivity index (χ1) is 12.6. The van der Waals surface area contributed by atoms with Gasteiger partial charge in [-0.3, -0.25) is 9.69 Å². The molecule has 1 aliphatic carbocycles. The van der Waals surface area contributed by atoms with E-state index < -0.39 is 0 Å². The van der Waals surface area contributed by atoms with Gasteiger partial charge in [-0.2, -0.15) is 5.26 Å². The molecule has 2 aliphatic rings. The third-order valence-corrected chi connectivity index (χ3v) is 6.86. The predicted octanol–water partition coefficient (Wildman–Crippen LogP) is 3.56. The van der Waals surface area contributed by atoms with Crippen molar-refractivity contribution in [2.24, 2.45) is 5.92 Å². The van der Waals surface area contributed by atoms with E-state index in [1.54, 1.807) is 11.3 Å². The lowest BCUT2D eigenvalue weighted by Gasteiger charge is -2.34. The summed E-state index contributed by atoms with van der Waals surface area (Å²) >= 11 is 1.59. The molecule has 5 nitrogen and oxygen atoms in total. The van der Waals surface area contributed by atoms with E-state index in [2.05, 4.69) is 53.0 Å². The molecule has 136 valence electrons. The number of hydrogen-bond acceptors (Lipinski definition) is 4. The molecule has 3 heterocycles. The average molecular weight is 369 g/mol. The molecule has 0 aromatic carbocycles. The minimum Gasteiger partial charge on any atom is -0.349 e.